The minimum Gasteiger partial charge on any atom is -0.382 e. The van der Waals surface area contributed by atoms with Crippen molar-refractivity contribution in [2.75, 3.05) is 0 Å². The quantitative estimate of drug-likeness (QED) is 0.690. The molecule has 1 atom stereocenters. The summed E-state index contributed by atoms with van der Waals surface area (Å²) in [5.74, 6) is -0.0232. The van der Waals surface area contributed by atoms with Crippen LogP contribution in [0.5, 0.6) is 0 Å². The molecular formula is C10H20O2. The fraction of sp³-hybridized carbons (Fsp3) is 0.900. The van der Waals surface area contributed by atoms with Crippen molar-refractivity contribution in [3.63, 3.8) is 0 Å². The van der Waals surface area contributed by atoms with Gasteiger partial charge in [-0.15, -0.1) is 0 Å². The first kappa shape index (κ1) is 11.6. The number of hydrogen-bond donors (Lipinski definition) is 1. The van der Waals surface area contributed by atoms with Gasteiger partial charge in [0.2, 0.25) is 0 Å². The van der Waals surface area contributed by atoms with E-state index < -0.39 is 5.60 Å². The molecule has 1 unspecified atom stereocenters. The second kappa shape index (κ2) is 4.61. The Balaban J connectivity index is 4.41. The zero-order chi connectivity index (χ0) is 9.78. The van der Waals surface area contributed by atoms with Crippen LogP contribution in [0.15, 0.2) is 0 Å². The SMILES string of the molecule is CCC(C)C(=O)C(O)(CC)CC. The molecule has 12 heavy (non-hydrogen) atoms. The fourth-order valence-electron chi connectivity index (χ4n) is 1.24. The van der Waals surface area contributed by atoms with Gasteiger partial charge < -0.3 is 5.11 Å². The summed E-state index contributed by atoms with van der Waals surface area (Å²) >= 11 is 0. The first-order chi connectivity index (χ1) is 5.51. The minimum absolute atomic E-state index is 0.00463. The number of rotatable bonds is 5. The summed E-state index contributed by atoms with van der Waals surface area (Å²) in [5, 5.41) is 9.85. The van der Waals surface area contributed by atoms with Crippen molar-refractivity contribution in [3.8, 4) is 0 Å². The molecule has 0 radical (unpaired) electrons. The van der Waals surface area contributed by atoms with Crippen LogP contribution in [0.25, 0.3) is 0 Å². The van der Waals surface area contributed by atoms with Crippen LogP contribution in [0.1, 0.15) is 47.0 Å². The summed E-state index contributed by atoms with van der Waals surface area (Å²) in [5.41, 5.74) is -1.07. The number of hydrogen-bond acceptors (Lipinski definition) is 2. The van der Waals surface area contributed by atoms with Gasteiger partial charge in [-0.3, -0.25) is 4.79 Å². The van der Waals surface area contributed by atoms with E-state index in [1.165, 1.54) is 0 Å². The van der Waals surface area contributed by atoms with Crippen molar-refractivity contribution in [2.45, 2.75) is 52.6 Å². The third-order valence-electron chi connectivity index (χ3n) is 2.69. The lowest BCUT2D eigenvalue weighted by Crippen LogP contribution is -2.40. The lowest BCUT2D eigenvalue weighted by atomic mass is 9.84. The lowest BCUT2D eigenvalue weighted by molar-refractivity contribution is -0.142. The van der Waals surface area contributed by atoms with Gasteiger partial charge in [-0.1, -0.05) is 27.7 Å². The van der Waals surface area contributed by atoms with Gasteiger partial charge in [0.05, 0.1) is 0 Å². The van der Waals surface area contributed by atoms with Gasteiger partial charge in [-0.25, -0.2) is 0 Å². The highest BCUT2D eigenvalue weighted by molar-refractivity contribution is 5.88. The summed E-state index contributed by atoms with van der Waals surface area (Å²) in [7, 11) is 0. The van der Waals surface area contributed by atoms with E-state index in [1.807, 2.05) is 27.7 Å². The number of Topliss-reactive ketones (excluding diaryl/α,β-unsaturated/α-hetero) is 1. The van der Waals surface area contributed by atoms with Gasteiger partial charge in [-0.2, -0.15) is 0 Å². The molecule has 0 saturated carbocycles. The molecule has 0 amide bonds. The average Bonchev–Trinajstić information content (AvgIpc) is 2.14. The molecule has 0 aromatic carbocycles. The zero-order valence-electron chi connectivity index (χ0n) is 8.55. The summed E-state index contributed by atoms with van der Waals surface area (Å²) in [6.07, 6.45) is 1.85. The van der Waals surface area contributed by atoms with Crippen molar-refractivity contribution in [1.82, 2.24) is 0 Å². The first-order valence-electron chi connectivity index (χ1n) is 4.78. The van der Waals surface area contributed by atoms with Crippen LogP contribution in [-0.4, -0.2) is 16.5 Å². The first-order valence-corrected chi connectivity index (χ1v) is 4.78. The van der Waals surface area contributed by atoms with E-state index in [2.05, 4.69) is 0 Å². The lowest BCUT2D eigenvalue weighted by Gasteiger charge is -2.26. The smallest absolute Gasteiger partial charge is 0.167 e. The number of aliphatic hydroxyl groups is 1. The highest BCUT2D eigenvalue weighted by Crippen LogP contribution is 2.21. The number of carbonyl (C=O) groups excluding carboxylic acids is 1. The van der Waals surface area contributed by atoms with Gasteiger partial charge in [-0.05, 0) is 19.3 Å². The molecule has 2 heteroatoms. The highest BCUT2D eigenvalue weighted by atomic mass is 16.3. The van der Waals surface area contributed by atoms with E-state index in [9.17, 15) is 9.90 Å². The molecule has 0 bridgehead atoms. The molecule has 0 rings (SSSR count). The van der Waals surface area contributed by atoms with Crippen LogP contribution >= 0.6 is 0 Å². The Labute approximate surface area is 75.0 Å². The van der Waals surface area contributed by atoms with E-state index in [4.69, 9.17) is 0 Å². The van der Waals surface area contributed by atoms with Crippen LogP contribution < -0.4 is 0 Å². The zero-order valence-corrected chi connectivity index (χ0v) is 8.55. The Bertz CT molecular complexity index is 148. The monoisotopic (exact) mass is 172 g/mol. The maximum atomic E-state index is 11.6. The van der Waals surface area contributed by atoms with E-state index in [0.29, 0.717) is 12.8 Å². The van der Waals surface area contributed by atoms with E-state index in [1.54, 1.807) is 0 Å². The molecule has 0 aromatic heterocycles. The molecule has 0 aliphatic rings. The Morgan fingerprint density at radius 2 is 1.75 bits per heavy atom. The van der Waals surface area contributed by atoms with Crippen LogP contribution in [0.3, 0.4) is 0 Å². The largest absolute Gasteiger partial charge is 0.382 e. The van der Waals surface area contributed by atoms with E-state index in [-0.39, 0.29) is 11.7 Å². The van der Waals surface area contributed by atoms with Crippen LogP contribution in [-0.2, 0) is 4.79 Å². The van der Waals surface area contributed by atoms with E-state index >= 15 is 0 Å². The van der Waals surface area contributed by atoms with Gasteiger partial charge in [0.15, 0.2) is 5.78 Å². The molecule has 2 nitrogen and oxygen atoms in total. The molecule has 0 aromatic rings. The average molecular weight is 172 g/mol. The molecule has 1 N–H and O–H groups in total. The minimum atomic E-state index is -1.07. The number of carbonyl (C=O) groups is 1. The molecule has 72 valence electrons. The van der Waals surface area contributed by atoms with E-state index in [0.717, 1.165) is 6.42 Å². The third-order valence-corrected chi connectivity index (χ3v) is 2.69. The van der Waals surface area contributed by atoms with Crippen molar-refractivity contribution < 1.29 is 9.90 Å². The van der Waals surface area contributed by atoms with Gasteiger partial charge >= 0.3 is 0 Å². The molecule has 0 spiro atoms. The van der Waals surface area contributed by atoms with Gasteiger partial charge in [0.25, 0.3) is 0 Å². The normalized spacial score (nSPS) is 14.4. The van der Waals surface area contributed by atoms with Crippen LogP contribution in [0, 0.1) is 5.92 Å². The molecular weight excluding hydrogens is 152 g/mol. The summed E-state index contributed by atoms with van der Waals surface area (Å²) < 4.78 is 0. The Morgan fingerprint density at radius 3 is 2.00 bits per heavy atom. The molecule has 0 saturated heterocycles. The Morgan fingerprint density at radius 1 is 1.33 bits per heavy atom. The Hall–Kier alpha value is -0.370. The molecule has 0 aliphatic carbocycles. The summed E-state index contributed by atoms with van der Waals surface area (Å²) in [6, 6.07) is 0. The van der Waals surface area contributed by atoms with Gasteiger partial charge in [0, 0.05) is 5.92 Å². The second-order valence-electron chi connectivity index (χ2n) is 3.41. The predicted octanol–water partition coefficient (Wildman–Crippen LogP) is 2.15. The predicted molar refractivity (Wildman–Crippen MR) is 50.0 cm³/mol. The highest BCUT2D eigenvalue weighted by Gasteiger charge is 2.33. The summed E-state index contributed by atoms with van der Waals surface area (Å²) in [6.45, 7) is 7.54. The molecule has 0 aliphatic heterocycles. The van der Waals surface area contributed by atoms with Crippen molar-refractivity contribution in [3.05, 3.63) is 0 Å². The maximum Gasteiger partial charge on any atom is 0.167 e. The summed E-state index contributed by atoms with van der Waals surface area (Å²) in [4.78, 5) is 11.6. The van der Waals surface area contributed by atoms with Crippen molar-refractivity contribution in [1.29, 1.82) is 0 Å². The van der Waals surface area contributed by atoms with Gasteiger partial charge in [0.1, 0.15) is 5.60 Å². The van der Waals surface area contributed by atoms with Crippen molar-refractivity contribution >= 4 is 5.78 Å². The Kier molecular flexibility index (Phi) is 4.46. The van der Waals surface area contributed by atoms with Crippen LogP contribution in [0.2, 0.25) is 0 Å². The second-order valence-corrected chi connectivity index (χ2v) is 3.41. The standard InChI is InChI=1S/C10H20O2/c1-5-8(4)9(11)10(12,6-2)7-3/h8,12H,5-7H2,1-4H3. The molecule has 0 fully saturated rings. The fourth-order valence-corrected chi connectivity index (χ4v) is 1.24. The maximum absolute atomic E-state index is 11.6. The number of ketones is 1. The van der Waals surface area contributed by atoms with Crippen LogP contribution in [0.4, 0.5) is 0 Å². The van der Waals surface area contributed by atoms with Crippen molar-refractivity contribution in [2.24, 2.45) is 5.92 Å². The molecule has 0 heterocycles. The topological polar surface area (TPSA) is 37.3 Å². The third kappa shape index (κ3) is 2.31.